The second-order valence-electron chi connectivity index (χ2n) is 4.05. The minimum absolute atomic E-state index is 0.0116. The molecule has 0 saturated heterocycles. The lowest BCUT2D eigenvalue weighted by molar-refractivity contribution is 0.446. The third kappa shape index (κ3) is 2.43. The number of benzene rings is 1. The molecule has 6 heteroatoms. The Morgan fingerprint density at radius 3 is 2.78 bits per heavy atom. The van der Waals surface area contributed by atoms with Crippen molar-refractivity contribution >= 4 is 12.6 Å². The fraction of sp³-hybridized carbons (Fsp3) is 0.333. The predicted molar refractivity (Wildman–Crippen MR) is 70.6 cm³/mol. The van der Waals surface area contributed by atoms with Crippen molar-refractivity contribution in [1.29, 1.82) is 0 Å². The molecule has 18 heavy (non-hydrogen) atoms. The number of phenolic OH excluding ortho intramolecular Hbond substituents is 2. The van der Waals surface area contributed by atoms with Gasteiger partial charge in [0.15, 0.2) is 0 Å². The lowest BCUT2D eigenvalue weighted by Crippen LogP contribution is -2.03. The first-order chi connectivity index (χ1) is 8.63. The van der Waals surface area contributed by atoms with Crippen LogP contribution in [0.15, 0.2) is 23.2 Å². The van der Waals surface area contributed by atoms with Crippen molar-refractivity contribution < 1.29 is 10.2 Å². The van der Waals surface area contributed by atoms with E-state index in [0.717, 1.165) is 25.0 Å². The summed E-state index contributed by atoms with van der Waals surface area (Å²) in [5.74, 6) is -0.0245. The van der Waals surface area contributed by atoms with E-state index in [9.17, 15) is 10.2 Å². The van der Waals surface area contributed by atoms with Crippen molar-refractivity contribution in [1.82, 2.24) is 15.0 Å². The summed E-state index contributed by atoms with van der Waals surface area (Å²) in [4.78, 5) is 0. The van der Waals surface area contributed by atoms with E-state index in [0.29, 0.717) is 10.7 Å². The molecule has 5 nitrogen and oxygen atoms in total. The zero-order valence-electron chi connectivity index (χ0n) is 10.0. The summed E-state index contributed by atoms with van der Waals surface area (Å²) in [7, 11) is 0. The summed E-state index contributed by atoms with van der Waals surface area (Å²) >= 11 is 4.27. The molecule has 2 rings (SSSR count). The zero-order valence-corrected chi connectivity index (χ0v) is 10.9. The van der Waals surface area contributed by atoms with Crippen LogP contribution in [0.5, 0.6) is 11.5 Å². The van der Waals surface area contributed by atoms with E-state index in [1.807, 2.05) is 0 Å². The van der Waals surface area contributed by atoms with Crippen molar-refractivity contribution in [3.8, 4) is 17.2 Å². The highest BCUT2D eigenvalue weighted by atomic mass is 32.1. The molecule has 0 bridgehead atoms. The Bertz CT molecular complexity index is 554. The molecule has 0 radical (unpaired) electrons. The highest BCUT2D eigenvalue weighted by Crippen LogP contribution is 2.28. The van der Waals surface area contributed by atoms with Crippen molar-refractivity contribution in [3.05, 3.63) is 23.9 Å². The summed E-state index contributed by atoms with van der Waals surface area (Å²) < 4.78 is 1.56. The van der Waals surface area contributed by atoms with Gasteiger partial charge in [-0.1, -0.05) is 18.6 Å². The summed E-state index contributed by atoms with van der Waals surface area (Å²) in [6.07, 6.45) is 2.85. The zero-order chi connectivity index (χ0) is 13.1. The maximum Gasteiger partial charge on any atom is 0.145 e. The predicted octanol–water partition coefficient (Wildman–Crippen LogP) is 2.31. The van der Waals surface area contributed by atoms with Crippen LogP contribution in [0.3, 0.4) is 0 Å². The van der Waals surface area contributed by atoms with Crippen molar-refractivity contribution in [3.63, 3.8) is 0 Å². The fourth-order valence-corrected chi connectivity index (χ4v) is 1.99. The van der Waals surface area contributed by atoms with Gasteiger partial charge >= 0.3 is 0 Å². The Kier molecular flexibility index (Phi) is 3.76. The minimum atomic E-state index is -0.0361. The third-order valence-electron chi connectivity index (χ3n) is 2.70. The average molecular weight is 265 g/mol. The van der Waals surface area contributed by atoms with Gasteiger partial charge in [-0.05, 0) is 25.0 Å². The highest BCUT2D eigenvalue weighted by Gasteiger charge is 2.14. The molecule has 0 unspecified atom stereocenters. The quantitative estimate of drug-likeness (QED) is 0.742. The molecule has 0 amide bonds. The second kappa shape index (κ2) is 5.30. The number of hydrogen-bond donors (Lipinski definition) is 3. The Morgan fingerprint density at radius 1 is 1.33 bits per heavy atom. The molecule has 2 N–H and O–H groups in total. The molecule has 1 aromatic heterocycles. The number of aromatic hydroxyl groups is 2. The largest absolute Gasteiger partial charge is 0.508 e. The molecule has 0 spiro atoms. The number of thiol groups is 1. The number of nitrogens with zero attached hydrogens (tertiary/aromatic N) is 3. The molecular weight excluding hydrogens is 250 g/mol. The van der Waals surface area contributed by atoms with Crippen molar-refractivity contribution in [2.75, 3.05) is 0 Å². The molecule has 0 fully saturated rings. The number of aromatic nitrogens is 3. The van der Waals surface area contributed by atoms with Gasteiger partial charge in [0.1, 0.15) is 22.2 Å². The highest BCUT2D eigenvalue weighted by molar-refractivity contribution is 7.80. The minimum Gasteiger partial charge on any atom is -0.508 e. The van der Waals surface area contributed by atoms with Crippen LogP contribution in [0.25, 0.3) is 5.69 Å². The van der Waals surface area contributed by atoms with Gasteiger partial charge in [-0.3, -0.25) is 0 Å². The van der Waals surface area contributed by atoms with E-state index >= 15 is 0 Å². The van der Waals surface area contributed by atoms with E-state index in [4.69, 9.17) is 0 Å². The van der Waals surface area contributed by atoms with Gasteiger partial charge in [0.05, 0.1) is 5.69 Å². The first-order valence-corrected chi connectivity index (χ1v) is 6.24. The van der Waals surface area contributed by atoms with Gasteiger partial charge in [0.25, 0.3) is 0 Å². The van der Waals surface area contributed by atoms with Crippen molar-refractivity contribution in [2.45, 2.75) is 31.2 Å². The lowest BCUT2D eigenvalue weighted by atomic mass is 10.2. The molecule has 1 aromatic carbocycles. The van der Waals surface area contributed by atoms with Crippen LogP contribution in [0.4, 0.5) is 0 Å². The third-order valence-corrected chi connectivity index (χ3v) is 3.04. The Hall–Kier alpha value is -1.69. The van der Waals surface area contributed by atoms with E-state index in [1.54, 1.807) is 10.7 Å². The maximum atomic E-state index is 9.83. The normalized spacial score (nSPS) is 10.8. The first kappa shape index (κ1) is 12.8. The van der Waals surface area contributed by atoms with Crippen LogP contribution in [-0.2, 0) is 6.42 Å². The SMILES string of the molecule is CCCCc1c(S)nnn1-c1ccc(O)cc1O. The van der Waals surface area contributed by atoms with E-state index in [-0.39, 0.29) is 11.5 Å². The molecule has 1 heterocycles. The molecule has 0 aliphatic carbocycles. The monoisotopic (exact) mass is 265 g/mol. The molecular formula is C12H15N3O2S. The average Bonchev–Trinajstić information content (AvgIpc) is 2.68. The summed E-state index contributed by atoms with van der Waals surface area (Å²) in [6, 6.07) is 4.37. The molecule has 0 saturated carbocycles. The molecule has 0 aliphatic rings. The van der Waals surface area contributed by atoms with Crippen molar-refractivity contribution in [2.24, 2.45) is 0 Å². The van der Waals surface area contributed by atoms with Gasteiger partial charge in [-0.2, -0.15) is 0 Å². The number of unbranched alkanes of at least 4 members (excludes halogenated alkanes) is 1. The van der Waals surface area contributed by atoms with E-state index in [2.05, 4.69) is 29.9 Å². The lowest BCUT2D eigenvalue weighted by Gasteiger charge is -2.08. The van der Waals surface area contributed by atoms with Crippen LogP contribution in [-0.4, -0.2) is 25.2 Å². The molecule has 0 atom stereocenters. The Labute approximate surface area is 110 Å². The van der Waals surface area contributed by atoms with Gasteiger partial charge in [0, 0.05) is 6.07 Å². The molecule has 96 valence electrons. The number of rotatable bonds is 4. The topological polar surface area (TPSA) is 71.2 Å². The van der Waals surface area contributed by atoms with Crippen LogP contribution < -0.4 is 0 Å². The number of phenols is 2. The van der Waals surface area contributed by atoms with Crippen LogP contribution in [0.2, 0.25) is 0 Å². The maximum absolute atomic E-state index is 9.83. The van der Waals surface area contributed by atoms with Gasteiger partial charge in [-0.15, -0.1) is 17.7 Å². The van der Waals surface area contributed by atoms with Gasteiger partial charge in [-0.25, -0.2) is 4.68 Å². The Morgan fingerprint density at radius 2 is 2.11 bits per heavy atom. The van der Waals surface area contributed by atoms with Gasteiger partial charge < -0.3 is 10.2 Å². The standard InChI is InChI=1S/C12H15N3O2S/c1-2-3-4-10-12(18)13-14-15(10)9-6-5-8(16)7-11(9)17/h5-7,16-18H,2-4H2,1H3. The van der Waals surface area contributed by atoms with E-state index < -0.39 is 0 Å². The summed E-state index contributed by atoms with van der Waals surface area (Å²) in [5.41, 5.74) is 1.35. The Balaban J connectivity index is 2.43. The second-order valence-corrected chi connectivity index (χ2v) is 4.47. The smallest absolute Gasteiger partial charge is 0.145 e. The first-order valence-electron chi connectivity index (χ1n) is 5.79. The summed E-state index contributed by atoms with van der Waals surface area (Å²) in [6.45, 7) is 2.10. The molecule has 0 aliphatic heterocycles. The number of hydrogen-bond acceptors (Lipinski definition) is 5. The van der Waals surface area contributed by atoms with Crippen LogP contribution >= 0.6 is 12.6 Å². The fourth-order valence-electron chi connectivity index (χ4n) is 1.74. The van der Waals surface area contributed by atoms with Crippen LogP contribution in [0.1, 0.15) is 25.5 Å². The summed E-state index contributed by atoms with van der Waals surface area (Å²) in [5, 5.41) is 27.6. The van der Waals surface area contributed by atoms with E-state index in [1.165, 1.54) is 12.1 Å². The van der Waals surface area contributed by atoms with Gasteiger partial charge in [0.2, 0.25) is 0 Å². The molecule has 2 aromatic rings. The van der Waals surface area contributed by atoms with Crippen LogP contribution in [0, 0.1) is 0 Å².